The van der Waals surface area contributed by atoms with Crippen LogP contribution in [0.1, 0.15) is 10.6 Å². The monoisotopic (exact) mass is 236 g/mol. The summed E-state index contributed by atoms with van der Waals surface area (Å²) in [5, 5.41) is 3.79. The van der Waals surface area contributed by atoms with Crippen molar-refractivity contribution < 1.29 is 13.9 Å². The molecule has 0 bridgehead atoms. The van der Waals surface area contributed by atoms with Crippen LogP contribution >= 0.6 is 0 Å². The number of nitrogens with two attached hydrogens (primary N) is 1. The van der Waals surface area contributed by atoms with E-state index < -0.39 is 11.8 Å². The van der Waals surface area contributed by atoms with E-state index in [1.54, 1.807) is 0 Å². The molecule has 0 radical (unpaired) electrons. The molecule has 6 nitrogen and oxygen atoms in total. The molecule has 0 aliphatic carbocycles. The molecular formula is C10H9FN4O2. The van der Waals surface area contributed by atoms with Crippen LogP contribution in [-0.2, 0) is 4.74 Å². The normalized spacial score (nSPS) is 10.2. The van der Waals surface area contributed by atoms with E-state index in [2.05, 4.69) is 14.8 Å². The highest BCUT2D eigenvalue weighted by Gasteiger charge is 2.13. The smallest absolute Gasteiger partial charge is 0.377 e. The molecule has 0 fully saturated rings. The molecule has 1 heterocycles. The van der Waals surface area contributed by atoms with Gasteiger partial charge in [0.1, 0.15) is 12.0 Å². The van der Waals surface area contributed by atoms with Crippen molar-refractivity contribution in [2.24, 2.45) is 0 Å². The fourth-order valence-electron chi connectivity index (χ4n) is 1.27. The van der Waals surface area contributed by atoms with Gasteiger partial charge in [0.05, 0.1) is 7.11 Å². The van der Waals surface area contributed by atoms with Crippen molar-refractivity contribution in [2.75, 3.05) is 12.8 Å². The molecule has 0 atom stereocenters. The Morgan fingerprint density at radius 1 is 1.53 bits per heavy atom. The van der Waals surface area contributed by atoms with E-state index in [1.165, 1.54) is 25.6 Å². The molecule has 2 N–H and O–H groups in total. The second-order valence-corrected chi connectivity index (χ2v) is 3.22. The molecule has 17 heavy (non-hydrogen) atoms. The summed E-state index contributed by atoms with van der Waals surface area (Å²) in [4.78, 5) is 14.8. The third-order valence-electron chi connectivity index (χ3n) is 2.08. The standard InChI is InChI=1S/C10H9FN4O2/c1-17-10(16)9-13-5-15(14-9)8-3-2-6(12)4-7(8)11/h2-5H,12H2,1H3. The Morgan fingerprint density at radius 3 is 2.94 bits per heavy atom. The maximum absolute atomic E-state index is 13.5. The van der Waals surface area contributed by atoms with Gasteiger partial charge in [-0.05, 0) is 18.2 Å². The van der Waals surface area contributed by atoms with Crippen LogP contribution in [0.5, 0.6) is 0 Å². The molecule has 0 aliphatic heterocycles. The van der Waals surface area contributed by atoms with Gasteiger partial charge >= 0.3 is 5.97 Å². The Kier molecular flexibility index (Phi) is 2.73. The first kappa shape index (κ1) is 11.1. The first-order valence-corrected chi connectivity index (χ1v) is 4.67. The number of rotatable bonds is 2. The molecular weight excluding hydrogens is 227 g/mol. The van der Waals surface area contributed by atoms with E-state index in [0.29, 0.717) is 5.69 Å². The Labute approximate surface area is 95.8 Å². The number of nitrogen functional groups attached to an aromatic ring is 1. The van der Waals surface area contributed by atoms with Gasteiger partial charge in [0.2, 0.25) is 0 Å². The Hall–Kier alpha value is -2.44. The summed E-state index contributed by atoms with van der Waals surface area (Å²) < 4.78 is 19.1. The number of ether oxygens (including phenoxy) is 1. The number of methoxy groups -OCH3 is 1. The number of halogens is 1. The van der Waals surface area contributed by atoms with Crippen molar-refractivity contribution in [1.82, 2.24) is 14.8 Å². The zero-order valence-corrected chi connectivity index (χ0v) is 8.92. The van der Waals surface area contributed by atoms with E-state index in [0.717, 1.165) is 10.7 Å². The number of carbonyl (C=O) groups is 1. The highest BCUT2D eigenvalue weighted by atomic mass is 19.1. The van der Waals surface area contributed by atoms with Gasteiger partial charge in [0.15, 0.2) is 5.82 Å². The molecule has 2 aromatic rings. The number of nitrogens with zero attached hydrogens (tertiary/aromatic N) is 3. The van der Waals surface area contributed by atoms with Gasteiger partial charge in [-0.1, -0.05) is 0 Å². The SMILES string of the molecule is COC(=O)c1ncn(-c2ccc(N)cc2F)n1. The van der Waals surface area contributed by atoms with Crippen LogP contribution in [-0.4, -0.2) is 27.8 Å². The molecule has 1 aromatic carbocycles. The Balaban J connectivity index is 2.40. The minimum absolute atomic E-state index is 0.135. The van der Waals surface area contributed by atoms with Gasteiger partial charge in [-0.2, -0.15) is 0 Å². The summed E-state index contributed by atoms with van der Waals surface area (Å²) >= 11 is 0. The summed E-state index contributed by atoms with van der Waals surface area (Å²) in [6, 6.07) is 4.13. The molecule has 1 aromatic heterocycles. The van der Waals surface area contributed by atoms with Crippen molar-refractivity contribution in [1.29, 1.82) is 0 Å². The van der Waals surface area contributed by atoms with Gasteiger partial charge in [0.25, 0.3) is 5.82 Å². The first-order valence-electron chi connectivity index (χ1n) is 4.67. The van der Waals surface area contributed by atoms with Gasteiger partial charge in [0, 0.05) is 5.69 Å². The first-order chi connectivity index (χ1) is 8.11. The van der Waals surface area contributed by atoms with Crippen LogP contribution in [0.2, 0.25) is 0 Å². The largest absolute Gasteiger partial charge is 0.463 e. The van der Waals surface area contributed by atoms with Crippen LogP contribution in [0.25, 0.3) is 5.69 Å². The van der Waals surface area contributed by atoms with Crippen molar-refractivity contribution in [3.8, 4) is 5.69 Å². The van der Waals surface area contributed by atoms with Crippen molar-refractivity contribution in [2.45, 2.75) is 0 Å². The van der Waals surface area contributed by atoms with Crippen LogP contribution < -0.4 is 5.73 Å². The molecule has 0 amide bonds. The Bertz CT molecular complexity index is 567. The van der Waals surface area contributed by atoms with Crippen LogP contribution in [0.3, 0.4) is 0 Å². The van der Waals surface area contributed by atoms with E-state index >= 15 is 0 Å². The molecule has 0 aliphatic rings. The number of carbonyl (C=O) groups excluding carboxylic acids is 1. The molecule has 0 spiro atoms. The number of aromatic nitrogens is 3. The zero-order valence-electron chi connectivity index (χ0n) is 8.92. The lowest BCUT2D eigenvalue weighted by atomic mass is 10.3. The second-order valence-electron chi connectivity index (χ2n) is 3.22. The van der Waals surface area contributed by atoms with E-state index in [9.17, 15) is 9.18 Å². The van der Waals surface area contributed by atoms with Crippen LogP contribution in [0.4, 0.5) is 10.1 Å². The molecule has 0 saturated heterocycles. The predicted molar refractivity (Wildman–Crippen MR) is 57.1 cm³/mol. The van der Waals surface area contributed by atoms with E-state index in [-0.39, 0.29) is 11.5 Å². The third kappa shape index (κ3) is 2.07. The summed E-state index contributed by atoms with van der Waals surface area (Å²) in [6.07, 6.45) is 1.22. The highest BCUT2D eigenvalue weighted by molar-refractivity contribution is 5.84. The van der Waals surface area contributed by atoms with Crippen LogP contribution in [0, 0.1) is 5.82 Å². The maximum atomic E-state index is 13.5. The molecule has 7 heteroatoms. The van der Waals surface area contributed by atoms with Crippen LogP contribution in [0.15, 0.2) is 24.5 Å². The molecule has 0 saturated carbocycles. The summed E-state index contributed by atoms with van der Waals surface area (Å²) in [5.41, 5.74) is 5.88. The van der Waals surface area contributed by atoms with Crippen molar-refractivity contribution in [3.05, 3.63) is 36.2 Å². The van der Waals surface area contributed by atoms with Gasteiger partial charge in [-0.25, -0.2) is 18.9 Å². The number of hydrogen-bond acceptors (Lipinski definition) is 5. The zero-order chi connectivity index (χ0) is 12.4. The molecule has 88 valence electrons. The van der Waals surface area contributed by atoms with E-state index in [4.69, 9.17) is 5.73 Å². The number of hydrogen-bond donors (Lipinski definition) is 1. The average molecular weight is 236 g/mol. The summed E-state index contributed by atoms with van der Waals surface area (Å²) in [7, 11) is 1.22. The number of esters is 1. The lowest BCUT2D eigenvalue weighted by Gasteiger charge is -2.02. The second kappa shape index (κ2) is 4.20. The summed E-state index contributed by atoms with van der Waals surface area (Å²) in [6.45, 7) is 0. The predicted octanol–water partition coefficient (Wildman–Crippen LogP) is 0.775. The average Bonchev–Trinajstić information content (AvgIpc) is 2.77. The highest BCUT2D eigenvalue weighted by Crippen LogP contribution is 2.15. The van der Waals surface area contributed by atoms with Gasteiger partial charge in [-0.3, -0.25) is 0 Å². The lowest BCUT2D eigenvalue weighted by Crippen LogP contribution is -2.06. The van der Waals surface area contributed by atoms with Crippen molar-refractivity contribution >= 4 is 11.7 Å². The van der Waals surface area contributed by atoms with Gasteiger partial charge < -0.3 is 10.5 Å². The minimum atomic E-state index is -0.681. The Morgan fingerprint density at radius 2 is 2.29 bits per heavy atom. The number of benzene rings is 1. The lowest BCUT2D eigenvalue weighted by molar-refractivity contribution is 0.0587. The summed E-state index contributed by atoms with van der Waals surface area (Å²) in [5.74, 6) is -1.37. The fraction of sp³-hybridized carbons (Fsp3) is 0.100. The third-order valence-corrected chi connectivity index (χ3v) is 2.08. The molecule has 0 unspecified atom stereocenters. The fourth-order valence-corrected chi connectivity index (χ4v) is 1.27. The minimum Gasteiger partial charge on any atom is -0.463 e. The topological polar surface area (TPSA) is 83.0 Å². The van der Waals surface area contributed by atoms with E-state index in [1.807, 2.05) is 0 Å². The molecule has 2 rings (SSSR count). The van der Waals surface area contributed by atoms with Crippen molar-refractivity contribution in [3.63, 3.8) is 0 Å². The quantitative estimate of drug-likeness (QED) is 0.615. The van der Waals surface area contributed by atoms with Gasteiger partial charge in [-0.15, -0.1) is 5.10 Å². The number of anilines is 1. The maximum Gasteiger partial charge on any atom is 0.377 e.